The Balaban J connectivity index is 2.71. The molecule has 0 saturated carbocycles. The van der Waals surface area contributed by atoms with Crippen LogP contribution in [0.3, 0.4) is 0 Å². The third-order valence-corrected chi connectivity index (χ3v) is 2.69. The number of hydrogen-bond donors (Lipinski definition) is 1. The molecule has 1 rings (SSSR count). The molecule has 0 bridgehead atoms. The van der Waals surface area contributed by atoms with Gasteiger partial charge in [0.15, 0.2) is 0 Å². The van der Waals surface area contributed by atoms with Gasteiger partial charge >= 0.3 is 0 Å². The normalized spacial score (nSPS) is 12.3. The van der Waals surface area contributed by atoms with Gasteiger partial charge in [0.1, 0.15) is 0 Å². The van der Waals surface area contributed by atoms with Crippen molar-refractivity contribution in [2.45, 2.75) is 20.0 Å². The number of hydrogen-bond acceptors (Lipinski definition) is 3. The Hall–Kier alpha value is -1.22. The summed E-state index contributed by atoms with van der Waals surface area (Å²) in [5.74, 6) is 0. The van der Waals surface area contributed by atoms with Gasteiger partial charge in [-0.25, -0.2) is 0 Å². The molecule has 0 spiro atoms. The first-order chi connectivity index (χ1) is 7.54. The van der Waals surface area contributed by atoms with Gasteiger partial charge in [-0.15, -0.1) is 0 Å². The van der Waals surface area contributed by atoms with Gasteiger partial charge in [-0.1, -0.05) is 6.07 Å². The Morgan fingerprint density at radius 1 is 1.38 bits per heavy atom. The summed E-state index contributed by atoms with van der Waals surface area (Å²) in [5.41, 5.74) is 3.67. The molecule has 0 fully saturated rings. The SMILES string of the molecule is COC(C)CNc1ccc(C)c(N(C)C)c1. The Labute approximate surface area is 98.4 Å². The third kappa shape index (κ3) is 3.42. The fraction of sp³-hybridized carbons (Fsp3) is 0.538. The van der Waals surface area contributed by atoms with E-state index in [1.165, 1.54) is 11.3 Å². The van der Waals surface area contributed by atoms with E-state index < -0.39 is 0 Å². The average Bonchev–Trinajstić information content (AvgIpc) is 2.27. The number of rotatable bonds is 5. The molecule has 0 aromatic heterocycles. The first kappa shape index (κ1) is 12.8. The van der Waals surface area contributed by atoms with E-state index >= 15 is 0 Å². The molecular formula is C13H22N2O. The summed E-state index contributed by atoms with van der Waals surface area (Å²) in [4.78, 5) is 2.13. The molecule has 0 saturated heterocycles. The summed E-state index contributed by atoms with van der Waals surface area (Å²) < 4.78 is 5.20. The van der Waals surface area contributed by atoms with E-state index in [1.54, 1.807) is 7.11 Å². The van der Waals surface area contributed by atoms with E-state index in [1.807, 2.05) is 6.92 Å². The van der Waals surface area contributed by atoms with Crippen molar-refractivity contribution in [2.24, 2.45) is 0 Å². The van der Waals surface area contributed by atoms with E-state index in [-0.39, 0.29) is 6.10 Å². The predicted molar refractivity (Wildman–Crippen MR) is 70.5 cm³/mol. The summed E-state index contributed by atoms with van der Waals surface area (Å²) in [6.07, 6.45) is 0.226. The Morgan fingerprint density at radius 2 is 2.06 bits per heavy atom. The molecular weight excluding hydrogens is 200 g/mol. The Kier molecular flexibility index (Phi) is 4.62. The van der Waals surface area contributed by atoms with Crippen molar-refractivity contribution < 1.29 is 4.74 Å². The highest BCUT2D eigenvalue weighted by atomic mass is 16.5. The van der Waals surface area contributed by atoms with Crippen LogP contribution in [-0.4, -0.2) is 33.9 Å². The first-order valence-electron chi connectivity index (χ1n) is 5.59. The molecule has 0 aliphatic rings. The second-order valence-corrected chi connectivity index (χ2v) is 4.32. The van der Waals surface area contributed by atoms with Gasteiger partial charge in [0.2, 0.25) is 0 Å². The molecule has 1 atom stereocenters. The van der Waals surface area contributed by atoms with Crippen LogP contribution in [0.25, 0.3) is 0 Å². The predicted octanol–water partition coefficient (Wildman–Crippen LogP) is 2.51. The van der Waals surface area contributed by atoms with Gasteiger partial charge in [0, 0.05) is 39.1 Å². The molecule has 1 aromatic carbocycles. The lowest BCUT2D eigenvalue weighted by Gasteiger charge is -2.18. The van der Waals surface area contributed by atoms with E-state index in [0.29, 0.717) is 0 Å². The van der Waals surface area contributed by atoms with Crippen LogP contribution < -0.4 is 10.2 Å². The lowest BCUT2D eigenvalue weighted by Crippen LogP contribution is -2.18. The summed E-state index contributed by atoms with van der Waals surface area (Å²) in [7, 11) is 5.85. The molecule has 90 valence electrons. The minimum Gasteiger partial charge on any atom is -0.382 e. The van der Waals surface area contributed by atoms with Crippen LogP contribution in [-0.2, 0) is 4.74 Å². The molecule has 0 heterocycles. The maximum atomic E-state index is 5.20. The third-order valence-electron chi connectivity index (χ3n) is 2.69. The van der Waals surface area contributed by atoms with Crippen LogP contribution in [0.15, 0.2) is 18.2 Å². The van der Waals surface area contributed by atoms with Crippen molar-refractivity contribution in [2.75, 3.05) is 38.0 Å². The fourth-order valence-corrected chi connectivity index (χ4v) is 1.55. The van der Waals surface area contributed by atoms with E-state index in [9.17, 15) is 0 Å². The standard InChI is InChI=1S/C13H22N2O/c1-10-6-7-12(8-13(10)15(3)4)14-9-11(2)16-5/h6-8,11,14H,9H2,1-5H3. The molecule has 1 aromatic rings. The number of benzene rings is 1. The molecule has 3 heteroatoms. The zero-order valence-electron chi connectivity index (χ0n) is 10.9. The molecule has 0 radical (unpaired) electrons. The summed E-state index contributed by atoms with van der Waals surface area (Å²) in [6.45, 7) is 5.00. The van der Waals surface area contributed by atoms with Crippen molar-refractivity contribution in [3.8, 4) is 0 Å². The molecule has 16 heavy (non-hydrogen) atoms. The van der Waals surface area contributed by atoms with Crippen LogP contribution in [0.4, 0.5) is 11.4 Å². The molecule has 1 unspecified atom stereocenters. The maximum Gasteiger partial charge on any atom is 0.0715 e. The second kappa shape index (κ2) is 5.75. The summed E-state index contributed by atoms with van der Waals surface area (Å²) in [5, 5.41) is 3.37. The van der Waals surface area contributed by atoms with Crippen molar-refractivity contribution in [3.05, 3.63) is 23.8 Å². The number of aryl methyl sites for hydroxylation is 1. The van der Waals surface area contributed by atoms with Crippen molar-refractivity contribution in [1.82, 2.24) is 0 Å². The fourth-order valence-electron chi connectivity index (χ4n) is 1.55. The van der Waals surface area contributed by atoms with Crippen molar-refractivity contribution >= 4 is 11.4 Å². The summed E-state index contributed by atoms with van der Waals surface area (Å²) in [6, 6.07) is 6.40. The van der Waals surface area contributed by atoms with Crippen LogP contribution in [0.2, 0.25) is 0 Å². The zero-order chi connectivity index (χ0) is 12.1. The van der Waals surface area contributed by atoms with Gasteiger partial charge in [-0.2, -0.15) is 0 Å². The molecule has 0 aliphatic carbocycles. The topological polar surface area (TPSA) is 24.5 Å². The second-order valence-electron chi connectivity index (χ2n) is 4.32. The largest absolute Gasteiger partial charge is 0.382 e. The van der Waals surface area contributed by atoms with Gasteiger partial charge in [0.05, 0.1) is 6.10 Å². The van der Waals surface area contributed by atoms with Gasteiger partial charge in [0.25, 0.3) is 0 Å². The van der Waals surface area contributed by atoms with Gasteiger partial charge < -0.3 is 15.0 Å². The van der Waals surface area contributed by atoms with E-state index in [2.05, 4.69) is 49.4 Å². The minimum absolute atomic E-state index is 0.226. The van der Waals surface area contributed by atoms with Crippen LogP contribution >= 0.6 is 0 Å². The maximum absolute atomic E-state index is 5.20. The van der Waals surface area contributed by atoms with Gasteiger partial charge in [-0.3, -0.25) is 0 Å². The lowest BCUT2D eigenvalue weighted by molar-refractivity contribution is 0.129. The minimum atomic E-state index is 0.226. The molecule has 1 N–H and O–H groups in total. The van der Waals surface area contributed by atoms with E-state index in [4.69, 9.17) is 4.74 Å². The lowest BCUT2D eigenvalue weighted by atomic mass is 10.1. The van der Waals surface area contributed by atoms with Gasteiger partial charge in [-0.05, 0) is 31.5 Å². The average molecular weight is 222 g/mol. The van der Waals surface area contributed by atoms with Crippen LogP contribution in [0.5, 0.6) is 0 Å². The highest BCUT2D eigenvalue weighted by molar-refractivity contribution is 5.61. The van der Waals surface area contributed by atoms with E-state index in [0.717, 1.165) is 12.2 Å². The quantitative estimate of drug-likeness (QED) is 0.828. The number of ether oxygens (including phenoxy) is 1. The smallest absolute Gasteiger partial charge is 0.0715 e. The molecule has 0 amide bonds. The summed E-state index contributed by atoms with van der Waals surface area (Å²) >= 11 is 0. The number of anilines is 2. The molecule has 3 nitrogen and oxygen atoms in total. The first-order valence-corrected chi connectivity index (χ1v) is 5.59. The number of nitrogens with one attached hydrogen (secondary N) is 1. The van der Waals surface area contributed by atoms with Crippen LogP contribution in [0.1, 0.15) is 12.5 Å². The Morgan fingerprint density at radius 3 is 2.62 bits per heavy atom. The van der Waals surface area contributed by atoms with Crippen molar-refractivity contribution in [1.29, 1.82) is 0 Å². The molecule has 0 aliphatic heterocycles. The Bertz CT molecular complexity index is 337. The van der Waals surface area contributed by atoms with Crippen LogP contribution in [0, 0.1) is 6.92 Å². The highest BCUT2D eigenvalue weighted by Gasteiger charge is 2.03. The number of methoxy groups -OCH3 is 1. The zero-order valence-corrected chi connectivity index (χ0v) is 10.9. The monoisotopic (exact) mass is 222 g/mol. The number of nitrogens with zero attached hydrogens (tertiary/aromatic N) is 1. The highest BCUT2D eigenvalue weighted by Crippen LogP contribution is 2.22. The van der Waals surface area contributed by atoms with Crippen molar-refractivity contribution in [3.63, 3.8) is 0 Å².